The van der Waals surface area contributed by atoms with Gasteiger partial charge in [0.05, 0.1) is 11.1 Å². The van der Waals surface area contributed by atoms with Crippen molar-refractivity contribution in [3.8, 4) is 5.75 Å². The van der Waals surface area contributed by atoms with Crippen LogP contribution >= 0.6 is 28.1 Å². The largest absolute Gasteiger partial charge is 0.492 e. The van der Waals surface area contributed by atoms with Crippen LogP contribution in [0.2, 0.25) is 0 Å². The molecular formula is C26H26BrN3O3S. The molecule has 0 radical (unpaired) electrons. The van der Waals surface area contributed by atoms with Gasteiger partial charge in [-0.2, -0.15) is 0 Å². The number of nitrogens with one attached hydrogen (secondary N) is 3. The van der Waals surface area contributed by atoms with Crippen molar-refractivity contribution in [2.45, 2.75) is 26.7 Å². The number of carbonyl (C=O) groups is 2. The molecule has 6 nitrogen and oxygen atoms in total. The summed E-state index contributed by atoms with van der Waals surface area (Å²) < 4.78 is 6.39. The maximum atomic E-state index is 12.6. The molecule has 8 heteroatoms. The minimum Gasteiger partial charge on any atom is -0.492 e. The number of hydrogen-bond donors (Lipinski definition) is 3. The highest BCUT2D eigenvalue weighted by Crippen LogP contribution is 2.26. The molecule has 0 aliphatic carbocycles. The molecule has 0 heterocycles. The molecule has 0 saturated heterocycles. The summed E-state index contributed by atoms with van der Waals surface area (Å²) in [5.41, 5.74) is 3.26. The smallest absolute Gasteiger partial charge is 0.257 e. The van der Waals surface area contributed by atoms with Gasteiger partial charge in [0, 0.05) is 22.5 Å². The van der Waals surface area contributed by atoms with Crippen molar-refractivity contribution < 1.29 is 14.3 Å². The predicted octanol–water partition coefficient (Wildman–Crippen LogP) is 6.32. The van der Waals surface area contributed by atoms with Gasteiger partial charge in [0.25, 0.3) is 11.8 Å². The topological polar surface area (TPSA) is 79.5 Å². The Balaban J connectivity index is 1.59. The number of hydrogen-bond acceptors (Lipinski definition) is 4. The lowest BCUT2D eigenvalue weighted by molar-refractivity contribution is 0.0976. The van der Waals surface area contributed by atoms with Crippen LogP contribution in [0.1, 0.15) is 46.0 Å². The van der Waals surface area contributed by atoms with Crippen LogP contribution in [0.15, 0.2) is 71.2 Å². The normalized spacial score (nSPS) is 10.3. The van der Waals surface area contributed by atoms with Gasteiger partial charge in [-0.05, 0) is 95.6 Å². The van der Waals surface area contributed by atoms with Gasteiger partial charge in [-0.3, -0.25) is 14.9 Å². The van der Waals surface area contributed by atoms with Crippen LogP contribution < -0.4 is 20.7 Å². The standard InChI is InChI=1S/C26H26BrN3O3S/c1-3-4-13-33-23-12-11-19(16-22(23)27)25(32)30-26(34)29-21-10-6-8-18(15-21)24(31)28-20-9-5-7-17(2)14-20/h5-12,14-16H,3-4,13H2,1-2H3,(H,28,31)(H2,29,30,32,34). The third-order valence-corrected chi connectivity index (χ3v) is 5.66. The Morgan fingerprint density at radius 2 is 1.62 bits per heavy atom. The van der Waals surface area contributed by atoms with Crippen LogP contribution in [0.4, 0.5) is 11.4 Å². The number of anilines is 2. The summed E-state index contributed by atoms with van der Waals surface area (Å²) in [6, 6.07) is 19.6. The molecule has 0 aliphatic rings. The van der Waals surface area contributed by atoms with E-state index in [1.807, 2.05) is 31.2 Å². The van der Waals surface area contributed by atoms with Crippen molar-refractivity contribution in [2.75, 3.05) is 17.2 Å². The fourth-order valence-electron chi connectivity index (χ4n) is 3.09. The quantitative estimate of drug-likeness (QED) is 0.230. The van der Waals surface area contributed by atoms with Crippen molar-refractivity contribution in [1.82, 2.24) is 5.32 Å². The molecular weight excluding hydrogens is 514 g/mol. The molecule has 0 bridgehead atoms. The minimum atomic E-state index is -0.355. The summed E-state index contributed by atoms with van der Waals surface area (Å²) in [4.78, 5) is 25.2. The van der Waals surface area contributed by atoms with E-state index in [0.717, 1.165) is 24.1 Å². The third-order valence-electron chi connectivity index (χ3n) is 4.84. The highest BCUT2D eigenvalue weighted by molar-refractivity contribution is 9.10. The summed E-state index contributed by atoms with van der Waals surface area (Å²) in [5, 5.41) is 8.61. The van der Waals surface area contributed by atoms with E-state index in [1.54, 1.807) is 42.5 Å². The zero-order valence-electron chi connectivity index (χ0n) is 19.0. The maximum absolute atomic E-state index is 12.6. The van der Waals surface area contributed by atoms with E-state index in [1.165, 1.54) is 0 Å². The van der Waals surface area contributed by atoms with Crippen LogP contribution in [-0.4, -0.2) is 23.5 Å². The second-order valence-corrected chi connectivity index (χ2v) is 8.92. The monoisotopic (exact) mass is 539 g/mol. The number of thiocarbonyl (C=S) groups is 1. The molecule has 34 heavy (non-hydrogen) atoms. The van der Waals surface area contributed by atoms with E-state index in [4.69, 9.17) is 17.0 Å². The predicted molar refractivity (Wildman–Crippen MR) is 144 cm³/mol. The lowest BCUT2D eigenvalue weighted by Gasteiger charge is -2.12. The summed E-state index contributed by atoms with van der Waals surface area (Å²) in [5.74, 6) is 0.0911. The van der Waals surface area contributed by atoms with Crippen LogP contribution in [-0.2, 0) is 0 Å². The van der Waals surface area contributed by atoms with Crippen LogP contribution in [0.5, 0.6) is 5.75 Å². The van der Waals surface area contributed by atoms with E-state index < -0.39 is 0 Å². The molecule has 3 aromatic rings. The highest BCUT2D eigenvalue weighted by Gasteiger charge is 2.12. The average molecular weight is 540 g/mol. The van der Waals surface area contributed by atoms with Gasteiger partial charge < -0.3 is 15.4 Å². The lowest BCUT2D eigenvalue weighted by Crippen LogP contribution is -2.34. The molecule has 0 atom stereocenters. The van der Waals surface area contributed by atoms with E-state index in [9.17, 15) is 9.59 Å². The second kappa shape index (κ2) is 12.3. The first-order valence-electron chi connectivity index (χ1n) is 10.9. The van der Waals surface area contributed by atoms with Gasteiger partial charge in [0.2, 0.25) is 0 Å². The van der Waals surface area contributed by atoms with Crippen LogP contribution in [0, 0.1) is 6.92 Å². The first-order chi connectivity index (χ1) is 16.4. The zero-order chi connectivity index (χ0) is 24.5. The zero-order valence-corrected chi connectivity index (χ0v) is 21.4. The number of amides is 2. The second-order valence-electron chi connectivity index (χ2n) is 7.66. The van der Waals surface area contributed by atoms with Crippen molar-refractivity contribution in [2.24, 2.45) is 0 Å². The van der Waals surface area contributed by atoms with Gasteiger partial charge in [0.1, 0.15) is 5.75 Å². The van der Waals surface area contributed by atoms with Crippen LogP contribution in [0.25, 0.3) is 0 Å². The summed E-state index contributed by atoms with van der Waals surface area (Å²) in [6.45, 7) is 4.68. The van der Waals surface area contributed by atoms with Gasteiger partial charge in [-0.25, -0.2) is 0 Å². The number of benzene rings is 3. The number of rotatable bonds is 8. The number of carbonyl (C=O) groups excluding carboxylic acids is 2. The number of ether oxygens (including phenoxy) is 1. The molecule has 0 fully saturated rings. The van der Waals surface area contributed by atoms with Crippen molar-refractivity contribution >= 4 is 56.4 Å². The van der Waals surface area contributed by atoms with E-state index >= 15 is 0 Å². The van der Waals surface area contributed by atoms with Crippen molar-refractivity contribution in [1.29, 1.82) is 0 Å². The fourth-order valence-corrected chi connectivity index (χ4v) is 3.79. The maximum Gasteiger partial charge on any atom is 0.257 e. The molecule has 0 spiro atoms. The highest BCUT2D eigenvalue weighted by atomic mass is 79.9. The Labute approximate surface area is 213 Å². The molecule has 3 aromatic carbocycles. The summed E-state index contributed by atoms with van der Waals surface area (Å²) in [7, 11) is 0. The molecule has 176 valence electrons. The molecule has 0 aromatic heterocycles. The first kappa shape index (κ1) is 25.4. The van der Waals surface area contributed by atoms with Gasteiger partial charge >= 0.3 is 0 Å². The summed E-state index contributed by atoms with van der Waals surface area (Å²) in [6.07, 6.45) is 2.01. The molecule has 3 rings (SSSR count). The Kier molecular flexibility index (Phi) is 9.18. The Morgan fingerprint density at radius 3 is 2.32 bits per heavy atom. The summed E-state index contributed by atoms with van der Waals surface area (Å²) >= 11 is 8.74. The third kappa shape index (κ3) is 7.40. The number of halogens is 1. The Bertz CT molecular complexity index is 1200. The van der Waals surface area contributed by atoms with Crippen molar-refractivity contribution in [3.63, 3.8) is 0 Å². The number of aryl methyl sites for hydroxylation is 1. The Hall–Kier alpha value is -3.23. The van der Waals surface area contributed by atoms with E-state index in [2.05, 4.69) is 38.8 Å². The molecule has 0 unspecified atom stereocenters. The van der Waals surface area contributed by atoms with E-state index in [0.29, 0.717) is 33.6 Å². The van der Waals surface area contributed by atoms with Crippen LogP contribution in [0.3, 0.4) is 0 Å². The molecule has 0 aliphatic heterocycles. The molecule has 3 N–H and O–H groups in total. The minimum absolute atomic E-state index is 0.126. The van der Waals surface area contributed by atoms with Gasteiger partial charge in [-0.1, -0.05) is 31.5 Å². The molecule has 2 amide bonds. The van der Waals surface area contributed by atoms with Crippen molar-refractivity contribution in [3.05, 3.63) is 87.9 Å². The fraction of sp³-hybridized carbons (Fsp3) is 0.192. The first-order valence-corrected chi connectivity index (χ1v) is 12.1. The average Bonchev–Trinajstić information content (AvgIpc) is 2.80. The molecule has 0 saturated carbocycles. The Morgan fingerprint density at radius 1 is 0.912 bits per heavy atom. The SMILES string of the molecule is CCCCOc1ccc(C(=O)NC(=S)Nc2cccc(C(=O)Nc3cccc(C)c3)c2)cc1Br. The number of unbranched alkanes of at least 4 members (excludes halogenated alkanes) is 1. The van der Waals surface area contributed by atoms with Gasteiger partial charge in [-0.15, -0.1) is 0 Å². The van der Waals surface area contributed by atoms with Gasteiger partial charge in [0.15, 0.2) is 5.11 Å². The lowest BCUT2D eigenvalue weighted by atomic mass is 10.1. The van der Waals surface area contributed by atoms with E-state index in [-0.39, 0.29) is 16.9 Å².